The summed E-state index contributed by atoms with van der Waals surface area (Å²) in [5, 5.41) is 10.8. The lowest BCUT2D eigenvalue weighted by atomic mass is 10.2. The molecule has 0 fully saturated rings. The highest BCUT2D eigenvalue weighted by Gasteiger charge is 2.33. The third-order valence-electron chi connectivity index (χ3n) is 2.40. The van der Waals surface area contributed by atoms with Gasteiger partial charge in [0, 0.05) is 6.07 Å². The first kappa shape index (κ1) is 13.9. The lowest BCUT2D eigenvalue weighted by Crippen LogP contribution is -2.06. The van der Waals surface area contributed by atoms with Crippen molar-refractivity contribution < 1.29 is 22.8 Å². The SMILES string of the molecule is O=[N+]([O-])c1cc(C(F)(F)F)ccc1Oc1cc[c]cc1. The zero-order valence-electron chi connectivity index (χ0n) is 9.85. The second kappa shape index (κ2) is 5.20. The van der Waals surface area contributed by atoms with Gasteiger partial charge < -0.3 is 4.74 Å². The van der Waals surface area contributed by atoms with Crippen LogP contribution < -0.4 is 4.74 Å². The van der Waals surface area contributed by atoms with E-state index in [4.69, 9.17) is 4.74 Å². The second-order valence-corrected chi connectivity index (χ2v) is 3.78. The van der Waals surface area contributed by atoms with Gasteiger partial charge in [-0.25, -0.2) is 0 Å². The quantitative estimate of drug-likeness (QED) is 0.626. The summed E-state index contributed by atoms with van der Waals surface area (Å²) < 4.78 is 42.8. The zero-order chi connectivity index (χ0) is 14.8. The highest BCUT2D eigenvalue weighted by Crippen LogP contribution is 2.37. The molecular formula is C13H7F3NO3. The van der Waals surface area contributed by atoms with Crippen molar-refractivity contribution in [2.75, 3.05) is 0 Å². The van der Waals surface area contributed by atoms with Crippen LogP contribution in [0.3, 0.4) is 0 Å². The van der Waals surface area contributed by atoms with Crippen LogP contribution >= 0.6 is 0 Å². The molecule has 0 atom stereocenters. The maximum atomic E-state index is 12.5. The van der Waals surface area contributed by atoms with Gasteiger partial charge in [0.15, 0.2) is 0 Å². The summed E-state index contributed by atoms with van der Waals surface area (Å²) in [6.07, 6.45) is -4.65. The molecule has 0 aliphatic carbocycles. The van der Waals surface area contributed by atoms with E-state index in [-0.39, 0.29) is 11.5 Å². The number of benzene rings is 2. The van der Waals surface area contributed by atoms with Crippen molar-refractivity contribution >= 4 is 5.69 Å². The van der Waals surface area contributed by atoms with Crippen molar-refractivity contribution in [3.05, 3.63) is 64.2 Å². The molecule has 0 spiro atoms. The van der Waals surface area contributed by atoms with Crippen molar-refractivity contribution in [3.63, 3.8) is 0 Å². The van der Waals surface area contributed by atoms with Crippen molar-refractivity contribution in [2.24, 2.45) is 0 Å². The number of nitro groups is 1. The molecule has 0 aliphatic heterocycles. The normalized spacial score (nSPS) is 11.2. The first-order chi connectivity index (χ1) is 9.38. The molecule has 20 heavy (non-hydrogen) atoms. The molecule has 2 aromatic carbocycles. The third-order valence-corrected chi connectivity index (χ3v) is 2.40. The van der Waals surface area contributed by atoms with Gasteiger partial charge in [-0.3, -0.25) is 10.1 Å². The molecule has 0 aromatic heterocycles. The number of hydrogen-bond acceptors (Lipinski definition) is 3. The van der Waals surface area contributed by atoms with Crippen LogP contribution in [0, 0.1) is 16.2 Å². The predicted octanol–water partition coefficient (Wildman–Crippen LogP) is 4.21. The Morgan fingerprint density at radius 3 is 2.35 bits per heavy atom. The monoisotopic (exact) mass is 282 g/mol. The van der Waals surface area contributed by atoms with Crippen LogP contribution in [0.2, 0.25) is 0 Å². The second-order valence-electron chi connectivity index (χ2n) is 3.78. The Morgan fingerprint density at radius 1 is 1.15 bits per heavy atom. The Balaban J connectivity index is 2.41. The maximum absolute atomic E-state index is 12.5. The van der Waals surface area contributed by atoms with E-state index in [1.165, 1.54) is 24.3 Å². The molecule has 2 aromatic rings. The standard InChI is InChI=1S/C13H7F3NO3/c14-13(15,16)9-6-7-12(11(8-9)17(18)19)20-10-4-2-1-3-5-10/h2-8H. The van der Waals surface area contributed by atoms with Crippen molar-refractivity contribution in [2.45, 2.75) is 6.18 Å². The number of alkyl halides is 3. The Hall–Kier alpha value is -2.57. The Bertz CT molecular complexity index is 627. The zero-order valence-corrected chi connectivity index (χ0v) is 9.85. The molecule has 0 saturated heterocycles. The molecule has 7 heteroatoms. The molecular weight excluding hydrogens is 275 g/mol. The van der Waals surface area contributed by atoms with Crippen molar-refractivity contribution in [3.8, 4) is 11.5 Å². The van der Waals surface area contributed by atoms with Crippen molar-refractivity contribution in [1.29, 1.82) is 0 Å². The van der Waals surface area contributed by atoms with Crippen LogP contribution in [0.25, 0.3) is 0 Å². The number of halogens is 3. The van der Waals surface area contributed by atoms with Crippen LogP contribution in [-0.4, -0.2) is 4.92 Å². The fourth-order valence-corrected chi connectivity index (χ4v) is 1.49. The van der Waals surface area contributed by atoms with Crippen LogP contribution in [-0.2, 0) is 6.18 Å². The first-order valence-corrected chi connectivity index (χ1v) is 5.37. The number of hydrogen-bond donors (Lipinski definition) is 0. The van der Waals surface area contributed by atoms with Gasteiger partial charge in [0.05, 0.1) is 10.5 Å². The average molecular weight is 282 g/mol. The molecule has 4 nitrogen and oxygen atoms in total. The van der Waals surface area contributed by atoms with E-state index in [1.807, 2.05) is 0 Å². The minimum atomic E-state index is -4.65. The number of ether oxygens (including phenoxy) is 1. The van der Waals surface area contributed by atoms with Gasteiger partial charge in [-0.1, -0.05) is 12.1 Å². The van der Waals surface area contributed by atoms with Gasteiger partial charge in [0.25, 0.3) is 0 Å². The van der Waals surface area contributed by atoms with E-state index in [1.54, 1.807) is 0 Å². The van der Waals surface area contributed by atoms with Crippen LogP contribution in [0.4, 0.5) is 18.9 Å². The van der Waals surface area contributed by atoms with Crippen LogP contribution in [0.15, 0.2) is 42.5 Å². The van der Waals surface area contributed by atoms with E-state index >= 15 is 0 Å². The smallest absolute Gasteiger partial charge is 0.416 e. The molecule has 0 N–H and O–H groups in total. The topological polar surface area (TPSA) is 52.4 Å². The Kier molecular flexibility index (Phi) is 3.60. The summed E-state index contributed by atoms with van der Waals surface area (Å²) in [6, 6.07) is 10.8. The lowest BCUT2D eigenvalue weighted by molar-refractivity contribution is -0.385. The summed E-state index contributed by atoms with van der Waals surface area (Å²) in [6.45, 7) is 0. The van der Waals surface area contributed by atoms with Crippen LogP contribution in [0.1, 0.15) is 5.56 Å². The summed E-state index contributed by atoms with van der Waals surface area (Å²) in [7, 11) is 0. The summed E-state index contributed by atoms with van der Waals surface area (Å²) in [5.74, 6) is 0.0146. The summed E-state index contributed by atoms with van der Waals surface area (Å²) in [4.78, 5) is 9.93. The molecule has 0 amide bonds. The van der Waals surface area contributed by atoms with E-state index in [0.717, 1.165) is 12.1 Å². The number of nitrogens with zero attached hydrogens (tertiary/aromatic N) is 1. The van der Waals surface area contributed by atoms with Gasteiger partial charge in [-0.2, -0.15) is 13.2 Å². The molecule has 0 unspecified atom stereocenters. The van der Waals surface area contributed by atoms with E-state index < -0.39 is 22.4 Å². The summed E-state index contributed by atoms with van der Waals surface area (Å²) in [5.41, 5.74) is -1.84. The molecule has 0 aliphatic rings. The van der Waals surface area contributed by atoms with Gasteiger partial charge >= 0.3 is 11.9 Å². The fourth-order valence-electron chi connectivity index (χ4n) is 1.49. The molecule has 2 rings (SSSR count). The molecule has 0 saturated carbocycles. The predicted molar refractivity (Wildman–Crippen MR) is 63.5 cm³/mol. The third kappa shape index (κ3) is 3.05. The van der Waals surface area contributed by atoms with Crippen molar-refractivity contribution in [1.82, 2.24) is 0 Å². The van der Waals surface area contributed by atoms with Gasteiger partial charge in [-0.15, -0.1) is 0 Å². The summed E-state index contributed by atoms with van der Waals surface area (Å²) >= 11 is 0. The highest BCUT2D eigenvalue weighted by molar-refractivity contribution is 5.51. The van der Waals surface area contributed by atoms with Gasteiger partial charge in [0.1, 0.15) is 5.75 Å². The average Bonchev–Trinajstić information content (AvgIpc) is 2.38. The highest BCUT2D eigenvalue weighted by atomic mass is 19.4. The minimum Gasteiger partial charge on any atom is -0.450 e. The minimum absolute atomic E-state index is 0.255. The molecule has 0 heterocycles. The fraction of sp³-hybridized carbons (Fsp3) is 0.0769. The van der Waals surface area contributed by atoms with Gasteiger partial charge in [-0.05, 0) is 30.3 Å². The number of rotatable bonds is 3. The molecule has 0 bridgehead atoms. The Labute approximate surface area is 111 Å². The van der Waals surface area contributed by atoms with Gasteiger partial charge in [0.2, 0.25) is 5.75 Å². The first-order valence-electron chi connectivity index (χ1n) is 5.37. The van der Waals surface area contributed by atoms with E-state index in [2.05, 4.69) is 6.07 Å². The van der Waals surface area contributed by atoms with E-state index in [0.29, 0.717) is 6.07 Å². The number of nitro benzene ring substituents is 1. The molecule has 103 valence electrons. The molecule has 1 radical (unpaired) electrons. The lowest BCUT2D eigenvalue weighted by Gasteiger charge is -2.09. The maximum Gasteiger partial charge on any atom is 0.416 e. The Morgan fingerprint density at radius 2 is 1.80 bits per heavy atom. The largest absolute Gasteiger partial charge is 0.450 e. The van der Waals surface area contributed by atoms with Crippen LogP contribution in [0.5, 0.6) is 11.5 Å². The van der Waals surface area contributed by atoms with E-state index in [9.17, 15) is 23.3 Å².